The van der Waals surface area contributed by atoms with Gasteiger partial charge in [-0.2, -0.15) is 36.1 Å². The molecule has 0 N–H and O–H groups in total. The summed E-state index contributed by atoms with van der Waals surface area (Å²) in [6, 6.07) is 7.35. The van der Waals surface area contributed by atoms with Crippen LogP contribution >= 0.6 is 0 Å². The maximum Gasteiger partial charge on any atom is 0.433 e. The summed E-state index contributed by atoms with van der Waals surface area (Å²) < 4.78 is 77.5. The Balaban J connectivity index is 1.98. The van der Waals surface area contributed by atoms with Gasteiger partial charge < -0.3 is 0 Å². The molecule has 0 atom stereocenters. The molecule has 3 aromatic rings. The van der Waals surface area contributed by atoms with Crippen molar-refractivity contribution in [3.05, 3.63) is 87.1 Å². The van der Waals surface area contributed by atoms with Crippen molar-refractivity contribution in [1.82, 2.24) is 14.8 Å². The van der Waals surface area contributed by atoms with Crippen LogP contribution in [0.4, 0.5) is 26.3 Å². The van der Waals surface area contributed by atoms with Crippen LogP contribution in [0, 0.1) is 6.92 Å². The smallest absolute Gasteiger partial charge is 0.267 e. The molecule has 152 valence electrons. The van der Waals surface area contributed by atoms with Gasteiger partial charge in [0.1, 0.15) is 5.69 Å². The molecule has 3 rings (SSSR count). The second kappa shape index (κ2) is 7.34. The number of rotatable bonds is 3. The van der Waals surface area contributed by atoms with E-state index in [2.05, 4.69) is 10.1 Å². The minimum Gasteiger partial charge on any atom is -0.267 e. The zero-order valence-electron chi connectivity index (χ0n) is 14.8. The van der Waals surface area contributed by atoms with Crippen LogP contribution in [0.2, 0.25) is 0 Å². The molecule has 0 aliphatic rings. The van der Waals surface area contributed by atoms with E-state index in [-0.39, 0.29) is 17.7 Å². The summed E-state index contributed by atoms with van der Waals surface area (Å²) in [6.45, 7) is 1.58. The number of aromatic nitrogens is 3. The Morgan fingerprint density at radius 3 is 2.17 bits per heavy atom. The largest absolute Gasteiger partial charge is 0.433 e. The standard InChI is InChI=1S/C19H13F6N3O/c1-11-8-17(29)28(14-4-2-13(3-5-14)18(20,21)22)27-15(11)9-12-6-7-26-16(10-12)19(23,24)25/h2-8,10H,9H2,1H3. The lowest BCUT2D eigenvalue weighted by atomic mass is 10.1. The molecule has 0 aliphatic heterocycles. The van der Waals surface area contributed by atoms with Gasteiger partial charge in [-0.3, -0.25) is 9.78 Å². The van der Waals surface area contributed by atoms with Crippen molar-refractivity contribution in [1.29, 1.82) is 0 Å². The highest BCUT2D eigenvalue weighted by molar-refractivity contribution is 5.36. The molecule has 0 fully saturated rings. The van der Waals surface area contributed by atoms with E-state index in [9.17, 15) is 31.1 Å². The number of aryl methyl sites for hydroxylation is 1. The second-order valence-corrected chi connectivity index (χ2v) is 6.29. The van der Waals surface area contributed by atoms with E-state index in [1.54, 1.807) is 6.92 Å². The average molecular weight is 413 g/mol. The predicted molar refractivity (Wildman–Crippen MR) is 91.6 cm³/mol. The van der Waals surface area contributed by atoms with E-state index < -0.39 is 29.2 Å². The molecule has 0 unspecified atom stereocenters. The molecule has 0 aliphatic carbocycles. The fourth-order valence-corrected chi connectivity index (χ4v) is 2.66. The Morgan fingerprint density at radius 2 is 1.59 bits per heavy atom. The summed E-state index contributed by atoms with van der Waals surface area (Å²) in [5, 5.41) is 4.14. The molecule has 0 saturated heterocycles. The summed E-state index contributed by atoms with van der Waals surface area (Å²) in [5.41, 5.74) is -1.36. The Labute approximate surface area is 160 Å². The van der Waals surface area contributed by atoms with Crippen LogP contribution in [0.1, 0.15) is 28.1 Å². The van der Waals surface area contributed by atoms with Crippen LogP contribution in [0.15, 0.2) is 53.5 Å². The maximum atomic E-state index is 12.8. The lowest BCUT2D eigenvalue weighted by molar-refractivity contribution is -0.141. The summed E-state index contributed by atoms with van der Waals surface area (Å²) in [7, 11) is 0. The van der Waals surface area contributed by atoms with Gasteiger partial charge in [-0.15, -0.1) is 0 Å². The summed E-state index contributed by atoms with van der Waals surface area (Å²) in [5.74, 6) is 0. The first-order valence-corrected chi connectivity index (χ1v) is 8.25. The summed E-state index contributed by atoms with van der Waals surface area (Å²) >= 11 is 0. The first-order chi connectivity index (χ1) is 13.4. The first-order valence-electron chi connectivity index (χ1n) is 8.25. The number of halogens is 6. The van der Waals surface area contributed by atoms with Crippen molar-refractivity contribution in [2.24, 2.45) is 0 Å². The number of hydrogen-bond acceptors (Lipinski definition) is 3. The highest BCUT2D eigenvalue weighted by Crippen LogP contribution is 2.30. The van der Waals surface area contributed by atoms with E-state index in [4.69, 9.17) is 0 Å². The zero-order valence-corrected chi connectivity index (χ0v) is 14.8. The molecule has 1 aromatic carbocycles. The van der Waals surface area contributed by atoms with E-state index >= 15 is 0 Å². The van der Waals surface area contributed by atoms with Gasteiger partial charge in [0.2, 0.25) is 0 Å². The van der Waals surface area contributed by atoms with Crippen LogP contribution in [-0.2, 0) is 18.8 Å². The quantitative estimate of drug-likeness (QED) is 0.592. The molecular weight excluding hydrogens is 400 g/mol. The summed E-state index contributed by atoms with van der Waals surface area (Å²) in [4.78, 5) is 15.5. The molecule has 0 radical (unpaired) electrons. The molecule has 2 heterocycles. The number of nitrogens with zero attached hydrogens (tertiary/aromatic N) is 3. The van der Waals surface area contributed by atoms with Crippen LogP contribution in [0.25, 0.3) is 5.69 Å². The van der Waals surface area contributed by atoms with E-state index in [1.165, 1.54) is 12.1 Å². The third-order valence-corrected chi connectivity index (χ3v) is 4.15. The first kappa shape index (κ1) is 20.6. The van der Waals surface area contributed by atoms with E-state index in [1.807, 2.05) is 0 Å². The van der Waals surface area contributed by atoms with Gasteiger partial charge in [-0.05, 0) is 54.4 Å². The molecule has 0 amide bonds. The third kappa shape index (κ3) is 4.64. The highest BCUT2D eigenvalue weighted by Gasteiger charge is 2.32. The molecule has 0 saturated carbocycles. The fourth-order valence-electron chi connectivity index (χ4n) is 2.66. The Hall–Kier alpha value is -3.17. The highest BCUT2D eigenvalue weighted by atomic mass is 19.4. The lowest BCUT2D eigenvalue weighted by Gasteiger charge is -2.12. The van der Waals surface area contributed by atoms with Crippen LogP contribution in [0.5, 0.6) is 0 Å². The predicted octanol–water partition coefficient (Wildman–Crippen LogP) is 4.56. The van der Waals surface area contributed by atoms with Crippen molar-refractivity contribution < 1.29 is 26.3 Å². The summed E-state index contributed by atoms with van der Waals surface area (Å²) in [6.07, 6.45) is -8.11. The molecular formula is C19H13F6N3O. The minimum atomic E-state index is -4.60. The van der Waals surface area contributed by atoms with Crippen molar-refractivity contribution in [3.63, 3.8) is 0 Å². The van der Waals surface area contributed by atoms with Gasteiger partial charge in [0.05, 0.1) is 16.9 Å². The fraction of sp³-hybridized carbons (Fsp3) is 0.211. The normalized spacial score (nSPS) is 12.2. The van der Waals surface area contributed by atoms with Gasteiger partial charge in [-0.25, -0.2) is 0 Å². The molecule has 4 nitrogen and oxygen atoms in total. The van der Waals surface area contributed by atoms with Gasteiger partial charge in [0.15, 0.2) is 0 Å². The molecule has 2 aromatic heterocycles. The molecule has 29 heavy (non-hydrogen) atoms. The Bertz CT molecular complexity index is 1080. The number of hydrogen-bond donors (Lipinski definition) is 0. The zero-order chi connectivity index (χ0) is 21.4. The maximum absolute atomic E-state index is 12.8. The van der Waals surface area contributed by atoms with Gasteiger partial charge in [0.25, 0.3) is 5.56 Å². The number of alkyl halides is 6. The van der Waals surface area contributed by atoms with Gasteiger partial charge in [-0.1, -0.05) is 0 Å². The Kier molecular flexibility index (Phi) is 5.20. The SMILES string of the molecule is Cc1cc(=O)n(-c2ccc(C(F)(F)F)cc2)nc1Cc1ccnc(C(F)(F)F)c1. The molecule has 0 spiro atoms. The second-order valence-electron chi connectivity index (χ2n) is 6.29. The third-order valence-electron chi connectivity index (χ3n) is 4.15. The Morgan fingerprint density at radius 1 is 0.931 bits per heavy atom. The van der Waals surface area contributed by atoms with Crippen molar-refractivity contribution in [2.75, 3.05) is 0 Å². The monoisotopic (exact) mass is 413 g/mol. The number of pyridine rings is 1. The van der Waals surface area contributed by atoms with Crippen molar-refractivity contribution >= 4 is 0 Å². The van der Waals surface area contributed by atoms with Crippen molar-refractivity contribution in [3.8, 4) is 5.69 Å². The molecule has 10 heteroatoms. The van der Waals surface area contributed by atoms with Crippen LogP contribution < -0.4 is 5.56 Å². The van der Waals surface area contributed by atoms with E-state index in [0.717, 1.165) is 41.2 Å². The van der Waals surface area contributed by atoms with Gasteiger partial charge >= 0.3 is 12.4 Å². The average Bonchev–Trinajstić information content (AvgIpc) is 2.63. The molecule has 0 bridgehead atoms. The van der Waals surface area contributed by atoms with Crippen LogP contribution in [0.3, 0.4) is 0 Å². The van der Waals surface area contributed by atoms with Gasteiger partial charge in [0, 0.05) is 18.7 Å². The van der Waals surface area contributed by atoms with Crippen molar-refractivity contribution in [2.45, 2.75) is 25.7 Å². The topological polar surface area (TPSA) is 47.8 Å². The number of benzene rings is 1. The van der Waals surface area contributed by atoms with E-state index in [0.29, 0.717) is 11.3 Å². The minimum absolute atomic E-state index is 0.0155. The lowest BCUT2D eigenvalue weighted by Crippen LogP contribution is -2.23. The van der Waals surface area contributed by atoms with Crippen LogP contribution in [-0.4, -0.2) is 14.8 Å².